The Morgan fingerprint density at radius 2 is 2.19 bits per heavy atom. The second-order valence-electron chi connectivity index (χ2n) is 4.61. The zero-order valence-electron chi connectivity index (χ0n) is 11.9. The van der Waals surface area contributed by atoms with Crippen LogP contribution in [0, 0.1) is 11.8 Å². The molecule has 106 valence electrons. The molecule has 0 saturated heterocycles. The van der Waals surface area contributed by atoms with Crippen molar-refractivity contribution in [2.75, 3.05) is 13.6 Å². The van der Waals surface area contributed by atoms with E-state index in [2.05, 4.69) is 16.8 Å². The summed E-state index contributed by atoms with van der Waals surface area (Å²) >= 11 is 0. The lowest BCUT2D eigenvalue weighted by atomic mass is 10.1. The maximum atomic E-state index is 12.2. The van der Waals surface area contributed by atoms with Gasteiger partial charge in [-0.25, -0.2) is 0 Å². The van der Waals surface area contributed by atoms with Crippen LogP contribution in [-0.2, 0) is 6.54 Å². The summed E-state index contributed by atoms with van der Waals surface area (Å²) in [5, 5.41) is 0. The predicted octanol–water partition coefficient (Wildman–Crippen LogP) is 1.66. The number of nitrogens with two attached hydrogens (primary N) is 1. The van der Waals surface area contributed by atoms with Crippen LogP contribution in [0.4, 0.5) is 0 Å². The molecule has 0 aliphatic rings. The number of pyridine rings is 1. The van der Waals surface area contributed by atoms with Gasteiger partial charge in [-0.05, 0) is 29.8 Å². The van der Waals surface area contributed by atoms with Gasteiger partial charge in [-0.1, -0.05) is 24.0 Å². The molecule has 0 bridgehead atoms. The average Bonchev–Trinajstić information content (AvgIpc) is 2.53. The fourth-order valence-electron chi connectivity index (χ4n) is 1.96. The molecule has 0 fully saturated rings. The van der Waals surface area contributed by atoms with Crippen LogP contribution in [0.5, 0.6) is 0 Å². The molecule has 0 aliphatic carbocycles. The van der Waals surface area contributed by atoms with Crippen molar-refractivity contribution < 1.29 is 4.79 Å². The number of benzene rings is 1. The number of hydrogen-bond donors (Lipinski definition) is 1. The van der Waals surface area contributed by atoms with E-state index in [1.165, 1.54) is 0 Å². The van der Waals surface area contributed by atoms with E-state index >= 15 is 0 Å². The lowest BCUT2D eigenvalue weighted by molar-refractivity contribution is 0.0784. The minimum atomic E-state index is -0.0541. The fourth-order valence-corrected chi connectivity index (χ4v) is 1.96. The van der Waals surface area contributed by atoms with Gasteiger partial charge in [0, 0.05) is 31.5 Å². The van der Waals surface area contributed by atoms with Gasteiger partial charge in [-0.3, -0.25) is 9.78 Å². The SMILES string of the molecule is CN(Cc1cccc(C#CCN)c1)C(=O)c1cccnc1. The molecule has 0 saturated carbocycles. The summed E-state index contributed by atoms with van der Waals surface area (Å²) in [5.74, 6) is 5.76. The first-order valence-electron chi connectivity index (χ1n) is 6.64. The lowest BCUT2D eigenvalue weighted by Gasteiger charge is -2.17. The Morgan fingerprint density at radius 3 is 2.90 bits per heavy atom. The van der Waals surface area contributed by atoms with Crippen LogP contribution in [0.3, 0.4) is 0 Å². The molecule has 2 N–H and O–H groups in total. The topological polar surface area (TPSA) is 59.2 Å². The molecule has 1 aromatic heterocycles. The highest BCUT2D eigenvalue weighted by Crippen LogP contribution is 2.09. The van der Waals surface area contributed by atoms with Crippen molar-refractivity contribution in [3.8, 4) is 11.8 Å². The Labute approximate surface area is 124 Å². The zero-order valence-corrected chi connectivity index (χ0v) is 11.9. The van der Waals surface area contributed by atoms with Crippen LogP contribution in [0.15, 0.2) is 48.8 Å². The third kappa shape index (κ3) is 4.16. The van der Waals surface area contributed by atoms with Gasteiger partial charge in [0.1, 0.15) is 0 Å². The molecule has 4 heteroatoms. The number of rotatable bonds is 3. The van der Waals surface area contributed by atoms with Gasteiger partial charge >= 0.3 is 0 Å². The molecule has 0 radical (unpaired) electrons. The van der Waals surface area contributed by atoms with Crippen LogP contribution < -0.4 is 5.73 Å². The summed E-state index contributed by atoms with van der Waals surface area (Å²) in [4.78, 5) is 17.9. The molecule has 0 unspecified atom stereocenters. The van der Waals surface area contributed by atoms with E-state index < -0.39 is 0 Å². The second-order valence-corrected chi connectivity index (χ2v) is 4.61. The Kier molecular flexibility index (Phi) is 5.08. The minimum Gasteiger partial charge on any atom is -0.337 e. The standard InChI is InChI=1S/C17H17N3O/c1-20(17(21)16-8-4-10-19-12-16)13-15-6-2-5-14(11-15)7-3-9-18/h2,4-6,8,10-12H,9,13,18H2,1H3. The number of hydrogen-bond acceptors (Lipinski definition) is 3. The highest BCUT2D eigenvalue weighted by molar-refractivity contribution is 5.93. The lowest BCUT2D eigenvalue weighted by Crippen LogP contribution is -2.26. The minimum absolute atomic E-state index is 0.0541. The van der Waals surface area contributed by atoms with Gasteiger partial charge in [-0.2, -0.15) is 0 Å². The second kappa shape index (κ2) is 7.22. The fraction of sp³-hybridized carbons (Fsp3) is 0.176. The summed E-state index contributed by atoms with van der Waals surface area (Å²) in [7, 11) is 1.77. The van der Waals surface area contributed by atoms with E-state index in [0.29, 0.717) is 18.7 Å². The Hall–Kier alpha value is -2.64. The smallest absolute Gasteiger partial charge is 0.255 e. The van der Waals surface area contributed by atoms with E-state index in [1.807, 2.05) is 24.3 Å². The van der Waals surface area contributed by atoms with Gasteiger partial charge in [-0.15, -0.1) is 0 Å². The van der Waals surface area contributed by atoms with Crippen molar-refractivity contribution in [2.24, 2.45) is 5.73 Å². The summed E-state index contributed by atoms with van der Waals surface area (Å²) in [5.41, 5.74) is 7.88. The predicted molar refractivity (Wildman–Crippen MR) is 82.4 cm³/mol. The van der Waals surface area contributed by atoms with Gasteiger partial charge in [0.2, 0.25) is 0 Å². The van der Waals surface area contributed by atoms with Crippen LogP contribution >= 0.6 is 0 Å². The Bertz CT molecular complexity index is 671. The van der Waals surface area contributed by atoms with E-state index in [4.69, 9.17) is 5.73 Å². The van der Waals surface area contributed by atoms with E-state index in [-0.39, 0.29) is 5.91 Å². The van der Waals surface area contributed by atoms with Crippen LogP contribution in [0.25, 0.3) is 0 Å². The molecule has 1 aromatic carbocycles. The maximum absolute atomic E-state index is 12.2. The molecule has 21 heavy (non-hydrogen) atoms. The first-order valence-corrected chi connectivity index (χ1v) is 6.64. The van der Waals surface area contributed by atoms with E-state index in [9.17, 15) is 4.79 Å². The van der Waals surface area contributed by atoms with Crippen molar-refractivity contribution in [3.05, 3.63) is 65.5 Å². The van der Waals surface area contributed by atoms with E-state index in [1.54, 1.807) is 36.5 Å². The largest absolute Gasteiger partial charge is 0.337 e. The van der Waals surface area contributed by atoms with Gasteiger partial charge in [0.15, 0.2) is 0 Å². The quantitative estimate of drug-likeness (QED) is 0.869. The van der Waals surface area contributed by atoms with Crippen LogP contribution in [0.1, 0.15) is 21.5 Å². The molecule has 0 aliphatic heterocycles. The molecule has 0 atom stereocenters. The first-order chi connectivity index (χ1) is 10.2. The van der Waals surface area contributed by atoms with Crippen molar-refractivity contribution in [1.29, 1.82) is 0 Å². The Balaban J connectivity index is 2.09. The number of aromatic nitrogens is 1. The maximum Gasteiger partial charge on any atom is 0.255 e. The normalized spacial score (nSPS) is 9.62. The van der Waals surface area contributed by atoms with Crippen LogP contribution in [0.2, 0.25) is 0 Å². The van der Waals surface area contributed by atoms with Gasteiger partial charge in [0.25, 0.3) is 5.91 Å². The molecule has 4 nitrogen and oxygen atoms in total. The van der Waals surface area contributed by atoms with E-state index in [0.717, 1.165) is 11.1 Å². The number of carbonyl (C=O) groups excluding carboxylic acids is 1. The summed E-state index contributed by atoms with van der Waals surface area (Å²) < 4.78 is 0. The third-order valence-corrected chi connectivity index (χ3v) is 2.94. The molecule has 1 heterocycles. The van der Waals surface area contributed by atoms with Crippen LogP contribution in [-0.4, -0.2) is 29.4 Å². The molecular weight excluding hydrogens is 262 g/mol. The summed E-state index contributed by atoms with van der Waals surface area (Å²) in [6.07, 6.45) is 3.22. The van der Waals surface area contributed by atoms with Crippen molar-refractivity contribution in [2.45, 2.75) is 6.54 Å². The number of carbonyl (C=O) groups is 1. The number of nitrogens with zero attached hydrogens (tertiary/aromatic N) is 2. The summed E-state index contributed by atoms with van der Waals surface area (Å²) in [6, 6.07) is 11.3. The van der Waals surface area contributed by atoms with Crippen molar-refractivity contribution in [1.82, 2.24) is 9.88 Å². The first kappa shape index (κ1) is 14.8. The molecule has 1 amide bonds. The average molecular weight is 279 g/mol. The zero-order chi connectivity index (χ0) is 15.1. The highest BCUT2D eigenvalue weighted by atomic mass is 16.2. The highest BCUT2D eigenvalue weighted by Gasteiger charge is 2.11. The van der Waals surface area contributed by atoms with Gasteiger partial charge < -0.3 is 10.6 Å². The Morgan fingerprint density at radius 1 is 1.33 bits per heavy atom. The third-order valence-electron chi connectivity index (χ3n) is 2.94. The molecular formula is C17H17N3O. The molecule has 0 spiro atoms. The summed E-state index contributed by atoms with van der Waals surface area (Å²) in [6.45, 7) is 0.857. The monoisotopic (exact) mass is 279 g/mol. The van der Waals surface area contributed by atoms with Crippen molar-refractivity contribution >= 4 is 5.91 Å². The number of amides is 1. The molecule has 2 rings (SSSR count). The van der Waals surface area contributed by atoms with Crippen molar-refractivity contribution in [3.63, 3.8) is 0 Å². The van der Waals surface area contributed by atoms with Gasteiger partial charge in [0.05, 0.1) is 12.1 Å². The molecule has 2 aromatic rings.